The van der Waals surface area contributed by atoms with E-state index in [-0.39, 0.29) is 5.97 Å². The maximum Gasteiger partial charge on any atom is 0.341 e. The van der Waals surface area contributed by atoms with Crippen molar-refractivity contribution in [1.29, 1.82) is 0 Å². The fourth-order valence-electron chi connectivity index (χ4n) is 3.72. The van der Waals surface area contributed by atoms with E-state index in [0.717, 1.165) is 48.8 Å². The van der Waals surface area contributed by atoms with Gasteiger partial charge in [0.25, 0.3) is 0 Å². The molecule has 1 aliphatic heterocycles. The number of carbonyl (C=O) groups is 1. The van der Waals surface area contributed by atoms with Crippen LogP contribution in [0, 0.1) is 0 Å². The fourth-order valence-corrected chi connectivity index (χ4v) is 5.14. The van der Waals surface area contributed by atoms with Crippen LogP contribution in [0.4, 0.5) is 5.00 Å². The van der Waals surface area contributed by atoms with Crippen molar-refractivity contribution in [3.63, 3.8) is 0 Å². The van der Waals surface area contributed by atoms with Gasteiger partial charge >= 0.3 is 5.97 Å². The van der Waals surface area contributed by atoms with Crippen molar-refractivity contribution in [2.24, 2.45) is 0 Å². The lowest BCUT2D eigenvalue weighted by Crippen LogP contribution is -2.46. The van der Waals surface area contributed by atoms with Crippen molar-refractivity contribution in [2.45, 2.75) is 45.6 Å². The molecule has 0 spiro atoms. The van der Waals surface area contributed by atoms with Crippen LogP contribution in [0.1, 0.15) is 53.9 Å². The van der Waals surface area contributed by atoms with Crippen LogP contribution in [0.15, 0.2) is 36.4 Å². The number of thiophene rings is 1. The summed E-state index contributed by atoms with van der Waals surface area (Å²) in [6, 6.07) is 12.5. The second-order valence-electron chi connectivity index (χ2n) is 7.55. The zero-order valence-electron chi connectivity index (χ0n) is 17.8. The first-order valence-corrected chi connectivity index (χ1v) is 11.9. The number of benzene rings is 1. The summed E-state index contributed by atoms with van der Waals surface area (Å²) in [5.74, 6) is -0.314. The first-order chi connectivity index (χ1) is 14.6. The second-order valence-corrected chi connectivity index (χ2v) is 9.10. The van der Waals surface area contributed by atoms with Crippen molar-refractivity contribution >= 4 is 39.6 Å². The van der Waals surface area contributed by atoms with E-state index in [1.54, 1.807) is 11.3 Å². The highest BCUT2D eigenvalue weighted by Crippen LogP contribution is 2.30. The van der Waals surface area contributed by atoms with Gasteiger partial charge in [-0.1, -0.05) is 37.3 Å². The molecular formula is C23H31N3O2S2. The highest BCUT2D eigenvalue weighted by atomic mass is 32.1. The predicted octanol–water partition coefficient (Wildman–Crippen LogP) is 4.68. The molecule has 0 saturated carbocycles. The number of esters is 1. The summed E-state index contributed by atoms with van der Waals surface area (Å²) in [4.78, 5) is 16.1. The Balaban J connectivity index is 1.64. The zero-order valence-corrected chi connectivity index (χ0v) is 19.4. The minimum atomic E-state index is -0.314. The number of rotatable bonds is 8. The van der Waals surface area contributed by atoms with Crippen LogP contribution >= 0.6 is 23.6 Å². The third-order valence-corrected chi connectivity index (χ3v) is 6.46. The Morgan fingerprint density at radius 2 is 1.97 bits per heavy atom. The van der Waals surface area contributed by atoms with Gasteiger partial charge in [0.15, 0.2) is 5.11 Å². The summed E-state index contributed by atoms with van der Waals surface area (Å²) < 4.78 is 5.26. The van der Waals surface area contributed by atoms with Gasteiger partial charge < -0.3 is 20.3 Å². The van der Waals surface area contributed by atoms with E-state index in [2.05, 4.69) is 34.6 Å². The topological polar surface area (TPSA) is 53.6 Å². The Morgan fingerprint density at radius 3 is 2.63 bits per heavy atom. The lowest BCUT2D eigenvalue weighted by molar-refractivity contribution is 0.0528. The average Bonchev–Trinajstić information content (AvgIpc) is 3.12. The standard InChI is InChI=1S/C23H31N3O2S2/c1-3-12-26-13-10-18(11-14-26)24-23(29)25-21-20(22(27)28-4-2)16-19(30-21)15-17-8-6-5-7-9-17/h5-9,16,18H,3-4,10-15H2,1-2H3,(H2,24,25,29). The number of nitrogens with one attached hydrogen (secondary N) is 2. The lowest BCUT2D eigenvalue weighted by Gasteiger charge is -2.32. The van der Waals surface area contributed by atoms with Crippen molar-refractivity contribution in [3.8, 4) is 0 Å². The number of anilines is 1. The van der Waals surface area contributed by atoms with Gasteiger partial charge in [-0.15, -0.1) is 11.3 Å². The first kappa shape index (κ1) is 22.7. The van der Waals surface area contributed by atoms with Crippen LogP contribution in [0.3, 0.4) is 0 Å². The first-order valence-electron chi connectivity index (χ1n) is 10.7. The number of ether oxygens (including phenoxy) is 1. The van der Waals surface area contributed by atoms with Crippen molar-refractivity contribution in [2.75, 3.05) is 31.6 Å². The van der Waals surface area contributed by atoms with Gasteiger partial charge in [-0.3, -0.25) is 0 Å². The van der Waals surface area contributed by atoms with Crippen LogP contribution in [-0.2, 0) is 11.2 Å². The van der Waals surface area contributed by atoms with Crippen molar-refractivity contribution < 1.29 is 9.53 Å². The number of piperidine rings is 1. The number of thiocarbonyl (C=S) groups is 1. The smallest absolute Gasteiger partial charge is 0.341 e. The highest BCUT2D eigenvalue weighted by Gasteiger charge is 2.21. The van der Waals surface area contributed by atoms with E-state index in [4.69, 9.17) is 17.0 Å². The Bertz CT molecular complexity index is 830. The van der Waals surface area contributed by atoms with Crippen LogP contribution in [0.5, 0.6) is 0 Å². The molecule has 7 heteroatoms. The Morgan fingerprint density at radius 1 is 1.23 bits per heavy atom. The summed E-state index contributed by atoms with van der Waals surface area (Å²) >= 11 is 7.12. The second kappa shape index (κ2) is 11.4. The molecule has 0 aliphatic carbocycles. The molecule has 1 aromatic carbocycles. The maximum atomic E-state index is 12.5. The third-order valence-electron chi connectivity index (χ3n) is 5.19. The van der Waals surface area contributed by atoms with Gasteiger partial charge in [0, 0.05) is 30.4 Å². The Labute approximate surface area is 188 Å². The van der Waals surface area contributed by atoms with Gasteiger partial charge in [-0.2, -0.15) is 0 Å². The van der Waals surface area contributed by atoms with E-state index in [0.29, 0.717) is 23.3 Å². The Hall–Kier alpha value is -1.96. The zero-order chi connectivity index (χ0) is 21.3. The minimum Gasteiger partial charge on any atom is -0.462 e. The van der Waals surface area contributed by atoms with Crippen molar-refractivity contribution in [3.05, 3.63) is 52.4 Å². The fraction of sp³-hybridized carbons (Fsp3) is 0.478. The van der Waals surface area contributed by atoms with Gasteiger partial charge in [-0.05, 0) is 56.6 Å². The number of likely N-dealkylation sites (tertiary alicyclic amines) is 1. The predicted molar refractivity (Wildman–Crippen MR) is 129 cm³/mol. The summed E-state index contributed by atoms with van der Waals surface area (Å²) in [7, 11) is 0. The van der Waals surface area contributed by atoms with E-state index in [1.165, 1.54) is 12.0 Å². The molecular weight excluding hydrogens is 414 g/mol. The summed E-state index contributed by atoms with van der Waals surface area (Å²) in [6.45, 7) is 7.75. The molecule has 1 saturated heterocycles. The normalized spacial score (nSPS) is 15.0. The van der Waals surface area contributed by atoms with E-state index in [1.807, 2.05) is 31.2 Å². The molecule has 1 fully saturated rings. The van der Waals surface area contributed by atoms with Crippen LogP contribution in [0.2, 0.25) is 0 Å². The summed E-state index contributed by atoms with van der Waals surface area (Å²) in [6.07, 6.45) is 4.13. The quantitative estimate of drug-likeness (QED) is 0.455. The monoisotopic (exact) mass is 445 g/mol. The van der Waals surface area contributed by atoms with E-state index >= 15 is 0 Å². The molecule has 162 valence electrons. The SMILES string of the molecule is CCCN1CCC(NC(=S)Nc2sc(Cc3ccccc3)cc2C(=O)OCC)CC1. The van der Waals surface area contributed by atoms with Gasteiger partial charge in [0.05, 0.1) is 12.2 Å². The average molecular weight is 446 g/mol. The molecule has 0 bridgehead atoms. The molecule has 30 heavy (non-hydrogen) atoms. The molecule has 5 nitrogen and oxygen atoms in total. The summed E-state index contributed by atoms with van der Waals surface area (Å²) in [5, 5.41) is 8.02. The molecule has 3 rings (SSSR count). The summed E-state index contributed by atoms with van der Waals surface area (Å²) in [5.41, 5.74) is 1.76. The van der Waals surface area contributed by atoms with Gasteiger partial charge in [0.2, 0.25) is 0 Å². The number of hydrogen-bond donors (Lipinski definition) is 2. The molecule has 0 radical (unpaired) electrons. The largest absolute Gasteiger partial charge is 0.462 e. The number of hydrogen-bond acceptors (Lipinski definition) is 5. The molecule has 2 aromatic rings. The molecule has 0 unspecified atom stereocenters. The molecule has 2 heterocycles. The number of nitrogens with zero attached hydrogens (tertiary/aromatic N) is 1. The van der Waals surface area contributed by atoms with Gasteiger partial charge in [-0.25, -0.2) is 4.79 Å². The maximum absolute atomic E-state index is 12.5. The third kappa shape index (κ3) is 6.52. The lowest BCUT2D eigenvalue weighted by atomic mass is 10.1. The highest BCUT2D eigenvalue weighted by molar-refractivity contribution is 7.80. The molecule has 1 aromatic heterocycles. The number of carbonyl (C=O) groups excluding carboxylic acids is 1. The molecule has 2 N–H and O–H groups in total. The van der Waals surface area contributed by atoms with E-state index < -0.39 is 0 Å². The van der Waals surface area contributed by atoms with Gasteiger partial charge in [0.1, 0.15) is 5.00 Å². The molecule has 0 amide bonds. The van der Waals surface area contributed by atoms with Crippen molar-refractivity contribution in [1.82, 2.24) is 10.2 Å². The van der Waals surface area contributed by atoms with Crippen LogP contribution in [0.25, 0.3) is 0 Å². The Kier molecular flexibility index (Phi) is 8.66. The van der Waals surface area contributed by atoms with Crippen LogP contribution in [-0.4, -0.2) is 48.3 Å². The molecule has 1 aliphatic rings. The van der Waals surface area contributed by atoms with Crippen LogP contribution < -0.4 is 10.6 Å². The van der Waals surface area contributed by atoms with E-state index in [9.17, 15) is 4.79 Å². The minimum absolute atomic E-state index is 0.314. The molecule has 0 atom stereocenters.